The van der Waals surface area contributed by atoms with Crippen LogP contribution in [0.15, 0.2) is 34.3 Å². The molecule has 0 amide bonds. The Morgan fingerprint density at radius 3 is 1.06 bits per heavy atom. The Labute approximate surface area is 414 Å². The molecule has 0 saturated heterocycles. The van der Waals surface area contributed by atoms with Crippen LogP contribution in [0, 0.1) is 47.3 Å². The monoisotopic (exact) mass is 957 g/mol. The van der Waals surface area contributed by atoms with Gasteiger partial charge in [-0.1, -0.05) is 90.2 Å². The molecule has 0 radical (unpaired) electrons. The standard InChI is InChI=1S/2C30H43NO.Zr/c2*1-20-7-5-6-10-28(20)31-19-26-14-25(24-8-3-2-4-9-24)15-27(29(26)32)30-16-21-11-22(17-30)13-23(12-21)18-30;/h2*14-15,19-24,28,32H,2-13,16-18H2,1H3;. The second-order valence-corrected chi connectivity index (χ2v) is 25.3. The number of phenolic OH excluding ortho intramolecular Hbond substituents is 2. The van der Waals surface area contributed by atoms with Gasteiger partial charge in [0.15, 0.2) is 0 Å². The van der Waals surface area contributed by atoms with Gasteiger partial charge in [0.25, 0.3) is 0 Å². The molecule has 0 aliphatic heterocycles. The summed E-state index contributed by atoms with van der Waals surface area (Å²) in [4.78, 5) is 10.2. The van der Waals surface area contributed by atoms with Crippen LogP contribution >= 0.6 is 0 Å². The van der Waals surface area contributed by atoms with Crippen molar-refractivity contribution in [1.29, 1.82) is 0 Å². The van der Waals surface area contributed by atoms with Crippen molar-refractivity contribution < 1.29 is 36.4 Å². The van der Waals surface area contributed by atoms with Crippen molar-refractivity contribution in [3.63, 3.8) is 0 Å². The smallest absolute Gasteiger partial charge is 0.128 e. The molecule has 5 heteroatoms. The molecular formula is C60H86N2O2Zr. The van der Waals surface area contributed by atoms with Crippen molar-refractivity contribution in [1.82, 2.24) is 0 Å². The molecule has 0 aromatic heterocycles. The molecule has 12 fully saturated rings. The van der Waals surface area contributed by atoms with Crippen LogP contribution < -0.4 is 0 Å². The fourth-order valence-corrected chi connectivity index (χ4v) is 18.0. The van der Waals surface area contributed by atoms with E-state index in [1.165, 1.54) is 215 Å². The minimum absolute atomic E-state index is 0. The van der Waals surface area contributed by atoms with Crippen LogP contribution in [-0.2, 0) is 37.0 Å². The second-order valence-electron chi connectivity index (χ2n) is 25.3. The number of hydrogen-bond acceptors (Lipinski definition) is 4. The van der Waals surface area contributed by atoms with Crippen LogP contribution in [0.2, 0.25) is 0 Å². The molecule has 4 unspecified atom stereocenters. The Morgan fingerprint density at radius 1 is 0.431 bits per heavy atom. The van der Waals surface area contributed by atoms with Crippen LogP contribution in [-0.4, -0.2) is 34.7 Å². The first kappa shape index (κ1) is 47.0. The Bertz CT molecular complexity index is 1810. The van der Waals surface area contributed by atoms with E-state index in [9.17, 15) is 10.2 Å². The molecular weight excluding hydrogens is 872 g/mol. The predicted molar refractivity (Wildman–Crippen MR) is 266 cm³/mol. The van der Waals surface area contributed by atoms with Gasteiger partial charge in [-0.05, 0) is 222 Å². The van der Waals surface area contributed by atoms with Gasteiger partial charge in [-0.25, -0.2) is 0 Å². The van der Waals surface area contributed by atoms with Gasteiger partial charge in [0.05, 0.1) is 12.1 Å². The summed E-state index contributed by atoms with van der Waals surface area (Å²) in [5, 5.41) is 23.4. The summed E-state index contributed by atoms with van der Waals surface area (Å²) in [6.07, 6.45) is 44.6. The molecule has 14 rings (SSSR count). The van der Waals surface area contributed by atoms with Gasteiger partial charge in [0.1, 0.15) is 11.5 Å². The SMILES string of the molecule is CC1CCCCC1N=Cc1cc(C2CCCCC2)cc(C23CC4CC(CC(C4)C2)C3)c1O.CC1CCCCC1N=Cc1cc(C2CCCCC2)cc(C23CC4CC(CC(C4)C2)C3)c1O.[Zr]. The number of aliphatic imine (C=N–C) groups is 2. The number of phenols is 2. The third kappa shape index (κ3) is 9.75. The predicted octanol–water partition coefficient (Wildman–Crippen LogP) is 15.8. The van der Waals surface area contributed by atoms with Gasteiger partial charge in [0, 0.05) is 60.9 Å². The number of rotatable bonds is 8. The average molecular weight is 959 g/mol. The third-order valence-electron chi connectivity index (χ3n) is 20.6. The minimum atomic E-state index is 0. The third-order valence-corrected chi connectivity index (χ3v) is 20.6. The molecule has 2 aromatic carbocycles. The van der Waals surface area contributed by atoms with E-state index in [1.807, 2.05) is 0 Å². The Kier molecular flexibility index (Phi) is 14.4. The zero-order valence-corrected chi connectivity index (χ0v) is 43.4. The molecule has 12 saturated carbocycles. The van der Waals surface area contributed by atoms with E-state index >= 15 is 0 Å². The van der Waals surface area contributed by atoms with Gasteiger partial charge in [-0.3, -0.25) is 9.98 Å². The van der Waals surface area contributed by atoms with E-state index in [0.29, 0.717) is 47.3 Å². The summed E-state index contributed by atoms with van der Waals surface area (Å²) in [6.45, 7) is 4.72. The number of nitrogens with zero attached hydrogens (tertiary/aromatic N) is 2. The zero-order chi connectivity index (χ0) is 43.4. The quantitative estimate of drug-likeness (QED) is 0.259. The van der Waals surface area contributed by atoms with Crippen LogP contribution in [0.3, 0.4) is 0 Å². The first-order valence-corrected chi connectivity index (χ1v) is 28.0. The van der Waals surface area contributed by atoms with Crippen LogP contribution in [0.4, 0.5) is 0 Å². The summed E-state index contributed by atoms with van der Waals surface area (Å²) < 4.78 is 0. The molecule has 8 bridgehead atoms. The number of hydrogen-bond donors (Lipinski definition) is 2. The van der Waals surface area contributed by atoms with Gasteiger partial charge < -0.3 is 10.2 Å². The molecule has 12 aliphatic carbocycles. The molecule has 4 nitrogen and oxygen atoms in total. The summed E-state index contributed by atoms with van der Waals surface area (Å²) in [6, 6.07) is 10.5. The van der Waals surface area contributed by atoms with Crippen LogP contribution in [0.25, 0.3) is 0 Å². The van der Waals surface area contributed by atoms with Crippen LogP contribution in [0.5, 0.6) is 11.5 Å². The van der Waals surface area contributed by atoms with Crippen molar-refractivity contribution in [2.24, 2.45) is 57.3 Å². The normalized spacial score (nSPS) is 39.1. The van der Waals surface area contributed by atoms with E-state index in [1.54, 1.807) is 0 Å². The topological polar surface area (TPSA) is 65.2 Å². The van der Waals surface area contributed by atoms with Gasteiger partial charge in [0.2, 0.25) is 0 Å². The van der Waals surface area contributed by atoms with E-state index < -0.39 is 0 Å². The number of aromatic hydroxyl groups is 2. The zero-order valence-electron chi connectivity index (χ0n) is 40.9. The molecule has 2 N–H and O–H groups in total. The van der Waals surface area contributed by atoms with E-state index in [-0.39, 0.29) is 37.0 Å². The Morgan fingerprint density at radius 2 is 0.738 bits per heavy atom. The van der Waals surface area contributed by atoms with Crippen molar-refractivity contribution in [3.8, 4) is 11.5 Å². The van der Waals surface area contributed by atoms with Crippen molar-refractivity contribution in [3.05, 3.63) is 57.6 Å². The van der Waals surface area contributed by atoms with E-state index in [4.69, 9.17) is 9.98 Å². The molecule has 0 spiro atoms. The van der Waals surface area contributed by atoms with Gasteiger partial charge >= 0.3 is 0 Å². The molecule has 2 aromatic rings. The molecule has 352 valence electrons. The summed E-state index contributed by atoms with van der Waals surface area (Å²) in [5.74, 6) is 9.28. The molecule has 0 heterocycles. The van der Waals surface area contributed by atoms with Gasteiger partial charge in [-0.2, -0.15) is 0 Å². The molecule has 4 atom stereocenters. The summed E-state index contributed by atoms with van der Waals surface area (Å²) >= 11 is 0. The maximum Gasteiger partial charge on any atom is 0.128 e. The fraction of sp³-hybridized carbons (Fsp3) is 0.767. The Hall–Kier alpha value is -1.74. The van der Waals surface area contributed by atoms with E-state index in [0.717, 1.165) is 46.6 Å². The number of benzene rings is 2. The van der Waals surface area contributed by atoms with Crippen molar-refractivity contribution >= 4 is 12.4 Å². The van der Waals surface area contributed by atoms with Crippen LogP contribution in [0.1, 0.15) is 252 Å². The second kappa shape index (κ2) is 19.9. The molecule has 12 aliphatic rings. The van der Waals surface area contributed by atoms with Crippen molar-refractivity contribution in [2.75, 3.05) is 0 Å². The van der Waals surface area contributed by atoms with Crippen molar-refractivity contribution in [2.45, 2.75) is 241 Å². The summed E-state index contributed by atoms with van der Waals surface area (Å²) in [5.41, 5.74) is 8.18. The first-order valence-electron chi connectivity index (χ1n) is 28.0. The first-order chi connectivity index (χ1) is 31.2. The van der Waals surface area contributed by atoms with E-state index in [2.05, 4.69) is 50.5 Å². The molecule has 65 heavy (non-hydrogen) atoms. The Balaban J connectivity index is 0.000000151. The summed E-state index contributed by atoms with van der Waals surface area (Å²) in [7, 11) is 0. The maximum atomic E-state index is 11.7. The average Bonchev–Trinajstić information content (AvgIpc) is 3.29. The maximum absolute atomic E-state index is 11.7. The minimum Gasteiger partial charge on any atom is -0.507 e. The van der Waals surface area contributed by atoms with Gasteiger partial charge in [-0.15, -0.1) is 0 Å². The fourth-order valence-electron chi connectivity index (χ4n) is 18.0. The largest absolute Gasteiger partial charge is 0.507 e.